The van der Waals surface area contributed by atoms with Crippen LogP contribution < -0.4 is 5.32 Å². The Morgan fingerprint density at radius 2 is 1.65 bits per heavy atom. The summed E-state index contributed by atoms with van der Waals surface area (Å²) in [7, 11) is 0. The lowest BCUT2D eigenvalue weighted by molar-refractivity contribution is 0.567. The largest absolute Gasteiger partial charge is 0.385 e. The molecule has 1 N–H and O–H groups in total. The van der Waals surface area contributed by atoms with Gasteiger partial charge >= 0.3 is 0 Å². The van der Waals surface area contributed by atoms with Crippen LogP contribution in [0.15, 0.2) is 18.2 Å². The second-order valence-electron chi connectivity index (χ2n) is 5.12. The molecule has 1 aromatic carbocycles. The first-order valence-corrected chi connectivity index (χ1v) is 7.03. The van der Waals surface area contributed by atoms with Crippen molar-refractivity contribution in [3.8, 4) is 0 Å². The monoisotopic (exact) mass is 233 g/mol. The molecule has 0 saturated heterocycles. The van der Waals surface area contributed by atoms with Gasteiger partial charge in [-0.2, -0.15) is 0 Å². The van der Waals surface area contributed by atoms with Crippen molar-refractivity contribution in [2.75, 3.05) is 11.9 Å². The molecule has 1 rings (SSSR count). The van der Waals surface area contributed by atoms with E-state index in [2.05, 4.69) is 51.2 Å². The number of anilines is 1. The summed E-state index contributed by atoms with van der Waals surface area (Å²) < 4.78 is 0. The minimum Gasteiger partial charge on any atom is -0.385 e. The predicted molar refractivity (Wildman–Crippen MR) is 77.8 cm³/mol. The lowest BCUT2D eigenvalue weighted by Crippen LogP contribution is -2.07. The molecule has 0 aliphatic rings. The SMILES string of the molecule is CCc1cccc(CC)c1NCCCC(C)C. The summed E-state index contributed by atoms with van der Waals surface area (Å²) in [5.41, 5.74) is 4.30. The quantitative estimate of drug-likeness (QED) is 0.675. The van der Waals surface area contributed by atoms with Crippen molar-refractivity contribution in [2.24, 2.45) is 5.92 Å². The van der Waals surface area contributed by atoms with E-state index in [-0.39, 0.29) is 0 Å². The molecular weight excluding hydrogens is 206 g/mol. The van der Waals surface area contributed by atoms with Crippen LogP contribution in [-0.4, -0.2) is 6.54 Å². The molecule has 17 heavy (non-hydrogen) atoms. The maximum atomic E-state index is 3.64. The molecule has 0 heterocycles. The van der Waals surface area contributed by atoms with Gasteiger partial charge in [0.2, 0.25) is 0 Å². The summed E-state index contributed by atoms with van der Waals surface area (Å²) in [6.45, 7) is 10.1. The van der Waals surface area contributed by atoms with Crippen molar-refractivity contribution in [1.29, 1.82) is 0 Å². The zero-order chi connectivity index (χ0) is 12.7. The van der Waals surface area contributed by atoms with Crippen LogP contribution in [0.5, 0.6) is 0 Å². The van der Waals surface area contributed by atoms with Crippen LogP contribution in [0, 0.1) is 5.92 Å². The highest BCUT2D eigenvalue weighted by Gasteiger charge is 2.05. The van der Waals surface area contributed by atoms with E-state index < -0.39 is 0 Å². The Morgan fingerprint density at radius 3 is 2.12 bits per heavy atom. The molecule has 1 heteroatoms. The highest BCUT2D eigenvalue weighted by atomic mass is 14.9. The average Bonchev–Trinajstić information content (AvgIpc) is 2.34. The zero-order valence-corrected chi connectivity index (χ0v) is 11.8. The van der Waals surface area contributed by atoms with Crippen LogP contribution >= 0.6 is 0 Å². The summed E-state index contributed by atoms with van der Waals surface area (Å²) in [5, 5.41) is 3.64. The van der Waals surface area contributed by atoms with Crippen LogP contribution in [-0.2, 0) is 12.8 Å². The molecule has 0 unspecified atom stereocenters. The van der Waals surface area contributed by atoms with Crippen molar-refractivity contribution in [1.82, 2.24) is 0 Å². The molecule has 0 fully saturated rings. The van der Waals surface area contributed by atoms with Crippen LogP contribution in [0.25, 0.3) is 0 Å². The summed E-state index contributed by atoms with van der Waals surface area (Å²) in [6, 6.07) is 6.66. The Bertz CT molecular complexity index is 306. The first kappa shape index (κ1) is 14.1. The molecule has 1 nitrogen and oxygen atoms in total. The summed E-state index contributed by atoms with van der Waals surface area (Å²) in [4.78, 5) is 0. The minimum absolute atomic E-state index is 0.809. The third-order valence-electron chi connectivity index (χ3n) is 3.26. The average molecular weight is 233 g/mol. The third-order valence-corrected chi connectivity index (χ3v) is 3.26. The van der Waals surface area contributed by atoms with Gasteiger partial charge < -0.3 is 5.32 Å². The van der Waals surface area contributed by atoms with Gasteiger partial charge in [0.1, 0.15) is 0 Å². The molecule has 1 aromatic rings. The minimum atomic E-state index is 0.809. The topological polar surface area (TPSA) is 12.0 Å². The van der Waals surface area contributed by atoms with E-state index in [0.717, 1.165) is 25.3 Å². The number of nitrogens with one attached hydrogen (secondary N) is 1. The maximum Gasteiger partial charge on any atom is 0.0405 e. The number of hydrogen-bond donors (Lipinski definition) is 1. The van der Waals surface area contributed by atoms with Gasteiger partial charge in [0.05, 0.1) is 0 Å². The fourth-order valence-corrected chi connectivity index (χ4v) is 2.19. The van der Waals surface area contributed by atoms with Gasteiger partial charge in [-0.1, -0.05) is 45.9 Å². The van der Waals surface area contributed by atoms with E-state index in [1.165, 1.54) is 29.7 Å². The Balaban J connectivity index is 2.61. The number of rotatable bonds is 7. The van der Waals surface area contributed by atoms with Gasteiger partial charge in [0.15, 0.2) is 0 Å². The van der Waals surface area contributed by atoms with E-state index in [4.69, 9.17) is 0 Å². The van der Waals surface area contributed by atoms with E-state index in [1.807, 2.05) is 0 Å². The molecule has 0 aromatic heterocycles. The van der Waals surface area contributed by atoms with Gasteiger partial charge in [-0.25, -0.2) is 0 Å². The summed E-state index contributed by atoms with van der Waals surface area (Å²) >= 11 is 0. The summed E-state index contributed by atoms with van der Waals surface area (Å²) in [5.74, 6) is 0.809. The fraction of sp³-hybridized carbons (Fsp3) is 0.625. The van der Waals surface area contributed by atoms with Crippen molar-refractivity contribution in [3.63, 3.8) is 0 Å². The molecule has 0 bridgehead atoms. The van der Waals surface area contributed by atoms with Crippen molar-refractivity contribution >= 4 is 5.69 Å². The predicted octanol–water partition coefficient (Wildman–Crippen LogP) is 4.66. The van der Waals surface area contributed by atoms with Crippen molar-refractivity contribution in [3.05, 3.63) is 29.3 Å². The highest BCUT2D eigenvalue weighted by molar-refractivity contribution is 5.57. The number of para-hydroxylation sites is 1. The molecule has 0 radical (unpaired) electrons. The highest BCUT2D eigenvalue weighted by Crippen LogP contribution is 2.22. The molecule has 0 aliphatic heterocycles. The lowest BCUT2D eigenvalue weighted by atomic mass is 10.0. The summed E-state index contributed by atoms with van der Waals surface area (Å²) in [6.07, 6.45) is 4.79. The Labute approximate surface area is 107 Å². The molecule has 0 amide bonds. The maximum absolute atomic E-state index is 3.64. The second-order valence-corrected chi connectivity index (χ2v) is 5.12. The number of benzene rings is 1. The molecule has 0 saturated carbocycles. The van der Waals surface area contributed by atoms with E-state index in [1.54, 1.807) is 0 Å². The van der Waals surface area contributed by atoms with Gasteiger partial charge in [-0.3, -0.25) is 0 Å². The first-order chi connectivity index (χ1) is 8.19. The van der Waals surface area contributed by atoms with Crippen LogP contribution in [0.2, 0.25) is 0 Å². The Morgan fingerprint density at radius 1 is 1.06 bits per heavy atom. The molecule has 0 aliphatic carbocycles. The van der Waals surface area contributed by atoms with Crippen molar-refractivity contribution in [2.45, 2.75) is 53.4 Å². The van der Waals surface area contributed by atoms with Crippen LogP contribution in [0.3, 0.4) is 0 Å². The molecular formula is C16H27N. The first-order valence-electron chi connectivity index (χ1n) is 7.03. The molecule has 0 atom stereocenters. The standard InChI is InChI=1S/C16H27N/c1-5-14-10-7-11-15(6-2)16(14)17-12-8-9-13(3)4/h7,10-11,13,17H,5-6,8-9,12H2,1-4H3. The van der Waals surface area contributed by atoms with Gasteiger partial charge in [-0.05, 0) is 42.7 Å². The van der Waals surface area contributed by atoms with Crippen LogP contribution in [0.1, 0.15) is 51.7 Å². The zero-order valence-electron chi connectivity index (χ0n) is 11.8. The molecule has 0 spiro atoms. The Hall–Kier alpha value is -0.980. The van der Waals surface area contributed by atoms with Crippen LogP contribution in [0.4, 0.5) is 5.69 Å². The second kappa shape index (κ2) is 7.37. The Kier molecular flexibility index (Phi) is 6.10. The fourth-order valence-electron chi connectivity index (χ4n) is 2.19. The number of aryl methyl sites for hydroxylation is 2. The van der Waals surface area contributed by atoms with E-state index in [9.17, 15) is 0 Å². The lowest BCUT2D eigenvalue weighted by Gasteiger charge is -2.15. The van der Waals surface area contributed by atoms with Crippen molar-refractivity contribution < 1.29 is 0 Å². The smallest absolute Gasteiger partial charge is 0.0405 e. The normalized spacial score (nSPS) is 10.9. The van der Waals surface area contributed by atoms with Gasteiger partial charge in [0, 0.05) is 12.2 Å². The van der Waals surface area contributed by atoms with Gasteiger partial charge in [0.25, 0.3) is 0 Å². The number of hydrogen-bond acceptors (Lipinski definition) is 1. The van der Waals surface area contributed by atoms with Gasteiger partial charge in [-0.15, -0.1) is 0 Å². The van der Waals surface area contributed by atoms with E-state index >= 15 is 0 Å². The van der Waals surface area contributed by atoms with E-state index in [0.29, 0.717) is 0 Å². The third kappa shape index (κ3) is 4.41. The molecule has 96 valence electrons.